The number of benzene rings is 2. The third-order valence-corrected chi connectivity index (χ3v) is 4.60. The fraction of sp³-hybridized carbons (Fsp3) is 0.167. The van der Waals surface area contributed by atoms with E-state index in [0.29, 0.717) is 11.1 Å². The van der Waals surface area contributed by atoms with Crippen LogP contribution in [0.25, 0.3) is 6.08 Å². The van der Waals surface area contributed by atoms with Gasteiger partial charge >= 0.3 is 0 Å². The molecule has 6 heteroatoms. The summed E-state index contributed by atoms with van der Waals surface area (Å²) in [5.41, 5.74) is -0.130. The predicted molar refractivity (Wildman–Crippen MR) is 93.3 cm³/mol. The van der Waals surface area contributed by atoms with E-state index >= 15 is 0 Å². The molecule has 0 radical (unpaired) electrons. The van der Waals surface area contributed by atoms with Crippen molar-refractivity contribution in [3.05, 3.63) is 77.2 Å². The molecule has 2 aromatic carbocycles. The fourth-order valence-electron chi connectivity index (χ4n) is 2.09. The second-order valence-electron chi connectivity index (χ2n) is 5.29. The van der Waals surface area contributed by atoms with Gasteiger partial charge in [0.25, 0.3) is 15.9 Å². The standard InChI is InChI=1S/C18H19NO4S/c1-18(23-2,16-11-7-4-8-12-16)17(20)19-24(21,22)14-13-15-9-5-3-6-10-15/h3-14H,1-2H3,(H,19,20)/b14-13+/t18-/m1/s1. The molecule has 0 aliphatic heterocycles. The van der Waals surface area contributed by atoms with Crippen molar-refractivity contribution in [2.24, 2.45) is 0 Å². The SMILES string of the molecule is CO[C@@](C)(C(=O)NS(=O)(=O)/C=C/c1ccccc1)c1ccccc1. The monoisotopic (exact) mass is 345 g/mol. The maximum atomic E-state index is 12.5. The first-order valence-electron chi connectivity index (χ1n) is 7.28. The number of hydrogen-bond acceptors (Lipinski definition) is 4. The second-order valence-corrected chi connectivity index (χ2v) is 6.86. The predicted octanol–water partition coefficient (Wildman–Crippen LogP) is 2.67. The summed E-state index contributed by atoms with van der Waals surface area (Å²) in [4.78, 5) is 12.5. The Bertz CT molecular complexity index is 817. The number of sulfonamides is 1. The number of methoxy groups -OCH3 is 1. The Morgan fingerprint density at radius 2 is 1.58 bits per heavy atom. The van der Waals surface area contributed by atoms with Crippen molar-refractivity contribution in [2.75, 3.05) is 7.11 Å². The third-order valence-electron chi connectivity index (χ3n) is 3.64. The minimum Gasteiger partial charge on any atom is -0.364 e. The van der Waals surface area contributed by atoms with E-state index in [9.17, 15) is 13.2 Å². The van der Waals surface area contributed by atoms with Gasteiger partial charge in [0.05, 0.1) is 5.41 Å². The van der Waals surface area contributed by atoms with Gasteiger partial charge in [0.15, 0.2) is 5.60 Å². The molecule has 0 saturated heterocycles. The Morgan fingerprint density at radius 3 is 2.12 bits per heavy atom. The highest BCUT2D eigenvalue weighted by molar-refractivity contribution is 7.93. The summed E-state index contributed by atoms with van der Waals surface area (Å²) in [5.74, 6) is -0.756. The zero-order valence-electron chi connectivity index (χ0n) is 13.5. The molecule has 0 fully saturated rings. The van der Waals surface area contributed by atoms with Gasteiger partial charge in [-0.05, 0) is 24.1 Å². The number of amides is 1. The molecule has 0 aliphatic carbocycles. The smallest absolute Gasteiger partial charge is 0.270 e. The topological polar surface area (TPSA) is 72.5 Å². The molecule has 2 aromatic rings. The number of nitrogens with one attached hydrogen (secondary N) is 1. The van der Waals surface area contributed by atoms with Crippen LogP contribution in [0, 0.1) is 0 Å². The van der Waals surface area contributed by atoms with E-state index in [1.54, 1.807) is 54.6 Å². The van der Waals surface area contributed by atoms with Crippen LogP contribution in [0.1, 0.15) is 18.1 Å². The Labute approximate surface area is 142 Å². The zero-order valence-corrected chi connectivity index (χ0v) is 14.3. The molecule has 2 rings (SSSR count). The van der Waals surface area contributed by atoms with Crippen molar-refractivity contribution in [1.82, 2.24) is 4.72 Å². The summed E-state index contributed by atoms with van der Waals surface area (Å²) in [5, 5.41) is 0.960. The molecule has 0 spiro atoms. The Kier molecular flexibility index (Phi) is 5.54. The van der Waals surface area contributed by atoms with Crippen LogP contribution in [-0.2, 0) is 25.2 Å². The van der Waals surface area contributed by atoms with Gasteiger partial charge in [-0.25, -0.2) is 13.1 Å². The van der Waals surface area contributed by atoms with Crippen LogP contribution < -0.4 is 4.72 Å². The third kappa shape index (κ3) is 4.31. The van der Waals surface area contributed by atoms with Crippen molar-refractivity contribution in [3.8, 4) is 0 Å². The summed E-state index contributed by atoms with van der Waals surface area (Å²) in [7, 11) is -2.58. The van der Waals surface area contributed by atoms with E-state index in [1.807, 2.05) is 10.8 Å². The number of ether oxygens (including phenoxy) is 1. The molecule has 0 unspecified atom stereocenters. The molecule has 0 bridgehead atoms. The summed E-state index contributed by atoms with van der Waals surface area (Å²) in [6.07, 6.45) is 1.42. The summed E-state index contributed by atoms with van der Waals surface area (Å²) in [6.45, 7) is 1.52. The Balaban J connectivity index is 2.19. The van der Waals surface area contributed by atoms with Crippen LogP contribution in [0.4, 0.5) is 0 Å². The van der Waals surface area contributed by atoms with Gasteiger partial charge in [0.2, 0.25) is 0 Å². The molecular weight excluding hydrogens is 326 g/mol. The lowest BCUT2D eigenvalue weighted by atomic mass is 9.95. The first kappa shape index (κ1) is 17.9. The summed E-state index contributed by atoms with van der Waals surface area (Å²) >= 11 is 0. The van der Waals surface area contributed by atoms with Crippen LogP contribution in [0.5, 0.6) is 0 Å². The van der Waals surface area contributed by atoms with Gasteiger partial charge in [-0.1, -0.05) is 60.7 Å². The quantitative estimate of drug-likeness (QED) is 0.874. The van der Waals surface area contributed by atoms with Crippen molar-refractivity contribution in [3.63, 3.8) is 0 Å². The number of hydrogen-bond donors (Lipinski definition) is 1. The summed E-state index contributed by atoms with van der Waals surface area (Å²) < 4.78 is 31.6. The van der Waals surface area contributed by atoms with Crippen LogP contribution in [-0.4, -0.2) is 21.4 Å². The van der Waals surface area contributed by atoms with Crippen LogP contribution in [0.3, 0.4) is 0 Å². The number of carbonyl (C=O) groups excluding carboxylic acids is 1. The molecule has 126 valence electrons. The van der Waals surface area contributed by atoms with E-state index in [1.165, 1.54) is 20.1 Å². The van der Waals surface area contributed by atoms with Gasteiger partial charge in [0.1, 0.15) is 0 Å². The van der Waals surface area contributed by atoms with E-state index in [0.717, 1.165) is 5.41 Å². The lowest BCUT2D eigenvalue weighted by molar-refractivity contribution is -0.140. The highest BCUT2D eigenvalue weighted by Gasteiger charge is 2.37. The average molecular weight is 345 g/mol. The lowest BCUT2D eigenvalue weighted by Crippen LogP contribution is -2.45. The van der Waals surface area contributed by atoms with Crippen LogP contribution in [0.15, 0.2) is 66.1 Å². The van der Waals surface area contributed by atoms with Crippen molar-refractivity contribution in [1.29, 1.82) is 0 Å². The molecule has 0 heterocycles. The Morgan fingerprint density at radius 1 is 1.04 bits per heavy atom. The molecule has 24 heavy (non-hydrogen) atoms. The van der Waals surface area contributed by atoms with Gasteiger partial charge < -0.3 is 4.74 Å². The maximum Gasteiger partial charge on any atom is 0.270 e. The average Bonchev–Trinajstić information content (AvgIpc) is 2.60. The molecule has 0 aliphatic rings. The van der Waals surface area contributed by atoms with E-state index in [2.05, 4.69) is 0 Å². The van der Waals surface area contributed by atoms with E-state index in [-0.39, 0.29) is 0 Å². The largest absolute Gasteiger partial charge is 0.364 e. The molecule has 0 saturated carbocycles. The summed E-state index contributed by atoms with van der Waals surface area (Å²) in [6, 6.07) is 17.7. The van der Waals surface area contributed by atoms with Gasteiger partial charge in [-0.3, -0.25) is 4.79 Å². The van der Waals surface area contributed by atoms with Crippen LogP contribution >= 0.6 is 0 Å². The highest BCUT2D eigenvalue weighted by atomic mass is 32.2. The second kappa shape index (κ2) is 7.42. The first-order valence-corrected chi connectivity index (χ1v) is 8.83. The minimum absolute atomic E-state index is 0.562. The van der Waals surface area contributed by atoms with Crippen molar-refractivity contribution >= 4 is 22.0 Å². The molecule has 0 aromatic heterocycles. The molecular formula is C18H19NO4S. The lowest BCUT2D eigenvalue weighted by Gasteiger charge is -2.26. The highest BCUT2D eigenvalue weighted by Crippen LogP contribution is 2.25. The minimum atomic E-state index is -3.94. The first-order chi connectivity index (χ1) is 11.4. The maximum absolute atomic E-state index is 12.5. The molecule has 1 N–H and O–H groups in total. The van der Waals surface area contributed by atoms with E-state index < -0.39 is 21.5 Å². The van der Waals surface area contributed by atoms with Gasteiger partial charge in [-0.2, -0.15) is 0 Å². The van der Waals surface area contributed by atoms with Gasteiger partial charge in [0, 0.05) is 7.11 Å². The molecule has 5 nitrogen and oxygen atoms in total. The number of carbonyl (C=O) groups is 1. The van der Waals surface area contributed by atoms with E-state index in [4.69, 9.17) is 4.74 Å². The zero-order chi connectivity index (χ0) is 17.6. The van der Waals surface area contributed by atoms with Crippen molar-refractivity contribution < 1.29 is 17.9 Å². The van der Waals surface area contributed by atoms with Gasteiger partial charge in [-0.15, -0.1) is 0 Å². The Hall–Kier alpha value is -2.44. The fourth-order valence-corrected chi connectivity index (χ4v) is 2.95. The van der Waals surface area contributed by atoms with Crippen molar-refractivity contribution in [2.45, 2.75) is 12.5 Å². The number of rotatable bonds is 6. The normalized spacial score (nSPS) is 14.2. The molecule has 1 amide bonds. The molecule has 1 atom stereocenters. The van der Waals surface area contributed by atoms with Crippen LogP contribution in [0.2, 0.25) is 0 Å².